The average molecular weight is 326 g/mol. The third kappa shape index (κ3) is 6.26. The topological polar surface area (TPSA) is 95.5 Å². The summed E-state index contributed by atoms with van der Waals surface area (Å²) < 4.78 is 0. The van der Waals surface area contributed by atoms with E-state index < -0.39 is 5.97 Å². The molecule has 0 saturated carbocycles. The predicted molar refractivity (Wildman–Crippen MR) is 86.4 cm³/mol. The molecule has 0 aliphatic rings. The summed E-state index contributed by atoms with van der Waals surface area (Å²) in [5.41, 5.74) is 0.433. The molecule has 0 unspecified atom stereocenters. The lowest BCUT2D eigenvalue weighted by atomic mass is 10.2. The summed E-state index contributed by atoms with van der Waals surface area (Å²) in [6.45, 7) is 4.18. The van der Waals surface area contributed by atoms with Gasteiger partial charge in [-0.3, -0.25) is 14.4 Å². The second-order valence-corrected chi connectivity index (χ2v) is 6.26. The van der Waals surface area contributed by atoms with Crippen LogP contribution in [0.3, 0.4) is 0 Å². The van der Waals surface area contributed by atoms with Crippen LogP contribution in [0.5, 0.6) is 0 Å². The van der Waals surface area contributed by atoms with Gasteiger partial charge in [0.1, 0.15) is 5.00 Å². The molecule has 6 nitrogen and oxygen atoms in total. The number of carbonyl (C=O) groups is 3. The highest BCUT2D eigenvalue weighted by Gasteiger charge is 2.16. The SMILES string of the molecule is CCCCC(=O)Nc1sc(C)cc1C(=O)NCCCC(=O)O. The number of hydrogen-bond donors (Lipinski definition) is 3. The lowest BCUT2D eigenvalue weighted by Gasteiger charge is -2.07. The minimum Gasteiger partial charge on any atom is -0.481 e. The number of unbranched alkanes of at least 4 members (excludes halogenated alkanes) is 1. The molecule has 0 aromatic carbocycles. The van der Waals surface area contributed by atoms with Crippen LogP contribution in [0.25, 0.3) is 0 Å². The molecule has 1 heterocycles. The number of amides is 2. The molecular formula is C15H22N2O4S. The van der Waals surface area contributed by atoms with E-state index in [1.807, 2.05) is 13.8 Å². The number of nitrogens with one attached hydrogen (secondary N) is 2. The van der Waals surface area contributed by atoms with Gasteiger partial charge in [0.25, 0.3) is 5.91 Å². The van der Waals surface area contributed by atoms with E-state index in [0.717, 1.165) is 17.7 Å². The third-order valence-corrected chi connectivity index (χ3v) is 3.93. The number of aryl methyl sites for hydroxylation is 1. The van der Waals surface area contributed by atoms with Crippen LogP contribution in [0.15, 0.2) is 6.07 Å². The van der Waals surface area contributed by atoms with Crippen molar-refractivity contribution in [2.75, 3.05) is 11.9 Å². The van der Waals surface area contributed by atoms with Gasteiger partial charge in [-0.05, 0) is 25.8 Å². The van der Waals surface area contributed by atoms with E-state index in [-0.39, 0.29) is 18.2 Å². The molecule has 7 heteroatoms. The Bertz CT molecular complexity index is 540. The summed E-state index contributed by atoms with van der Waals surface area (Å²) in [4.78, 5) is 35.3. The van der Waals surface area contributed by atoms with Gasteiger partial charge >= 0.3 is 5.97 Å². The van der Waals surface area contributed by atoms with Gasteiger partial charge in [-0.25, -0.2) is 0 Å². The maximum atomic E-state index is 12.1. The Morgan fingerprint density at radius 2 is 1.95 bits per heavy atom. The number of carbonyl (C=O) groups excluding carboxylic acids is 2. The number of carboxylic acids is 1. The van der Waals surface area contributed by atoms with Crippen molar-refractivity contribution < 1.29 is 19.5 Å². The summed E-state index contributed by atoms with van der Waals surface area (Å²) >= 11 is 1.36. The van der Waals surface area contributed by atoms with Crippen LogP contribution >= 0.6 is 11.3 Å². The fraction of sp³-hybridized carbons (Fsp3) is 0.533. The molecule has 0 spiro atoms. The summed E-state index contributed by atoms with van der Waals surface area (Å²) in [7, 11) is 0. The first kappa shape index (κ1) is 18.2. The zero-order valence-electron chi connectivity index (χ0n) is 12.9. The minimum atomic E-state index is -0.885. The normalized spacial score (nSPS) is 10.3. The second kappa shape index (κ2) is 9.19. The number of hydrogen-bond acceptors (Lipinski definition) is 4. The predicted octanol–water partition coefficient (Wildman–Crippen LogP) is 2.78. The summed E-state index contributed by atoms with van der Waals surface area (Å²) in [5.74, 6) is -1.27. The van der Waals surface area contributed by atoms with Gasteiger partial charge in [0.15, 0.2) is 0 Å². The van der Waals surface area contributed by atoms with E-state index in [2.05, 4.69) is 10.6 Å². The zero-order valence-corrected chi connectivity index (χ0v) is 13.7. The molecule has 0 atom stereocenters. The van der Waals surface area contributed by atoms with Crippen molar-refractivity contribution in [2.24, 2.45) is 0 Å². The Labute approximate surface area is 133 Å². The Kier molecular flexibility index (Phi) is 7.59. The molecule has 0 bridgehead atoms. The quantitative estimate of drug-likeness (QED) is 0.608. The van der Waals surface area contributed by atoms with Gasteiger partial charge in [0.2, 0.25) is 5.91 Å². The molecule has 0 aliphatic carbocycles. The highest BCUT2D eigenvalue weighted by molar-refractivity contribution is 7.16. The molecule has 3 N–H and O–H groups in total. The molecular weight excluding hydrogens is 304 g/mol. The van der Waals surface area contributed by atoms with Gasteiger partial charge in [0.05, 0.1) is 5.56 Å². The Balaban J connectivity index is 2.60. The molecule has 1 rings (SSSR count). The van der Waals surface area contributed by atoms with Crippen molar-refractivity contribution in [3.63, 3.8) is 0 Å². The Morgan fingerprint density at radius 3 is 2.59 bits per heavy atom. The first-order valence-corrected chi connectivity index (χ1v) is 8.16. The highest BCUT2D eigenvalue weighted by Crippen LogP contribution is 2.27. The molecule has 22 heavy (non-hydrogen) atoms. The van der Waals surface area contributed by atoms with Crippen LogP contribution in [-0.4, -0.2) is 29.4 Å². The smallest absolute Gasteiger partial charge is 0.303 e. The first-order chi connectivity index (χ1) is 10.4. The number of thiophene rings is 1. The monoisotopic (exact) mass is 326 g/mol. The lowest BCUT2D eigenvalue weighted by molar-refractivity contribution is -0.137. The summed E-state index contributed by atoms with van der Waals surface area (Å²) in [6.07, 6.45) is 2.58. The summed E-state index contributed by atoms with van der Waals surface area (Å²) in [5, 5.41) is 14.6. The number of rotatable bonds is 9. The van der Waals surface area contributed by atoms with Crippen molar-refractivity contribution in [1.29, 1.82) is 0 Å². The van der Waals surface area contributed by atoms with Gasteiger partial charge in [-0.1, -0.05) is 13.3 Å². The van der Waals surface area contributed by atoms with Crippen LogP contribution in [0.4, 0.5) is 5.00 Å². The number of aliphatic carboxylic acids is 1. The number of anilines is 1. The van der Waals surface area contributed by atoms with Crippen molar-refractivity contribution in [3.8, 4) is 0 Å². The molecule has 122 valence electrons. The second-order valence-electron chi connectivity index (χ2n) is 5.00. The zero-order chi connectivity index (χ0) is 16.5. The van der Waals surface area contributed by atoms with E-state index >= 15 is 0 Å². The third-order valence-electron chi connectivity index (χ3n) is 2.96. The van der Waals surface area contributed by atoms with Gasteiger partial charge in [-0.15, -0.1) is 11.3 Å². The van der Waals surface area contributed by atoms with E-state index in [9.17, 15) is 14.4 Å². The van der Waals surface area contributed by atoms with Gasteiger partial charge in [-0.2, -0.15) is 0 Å². The number of carboxylic acid groups (broad SMARTS) is 1. The van der Waals surface area contributed by atoms with Gasteiger partial charge < -0.3 is 15.7 Å². The van der Waals surface area contributed by atoms with E-state index in [0.29, 0.717) is 30.0 Å². The molecule has 0 saturated heterocycles. The molecule has 1 aromatic rings. The Hall–Kier alpha value is -1.89. The van der Waals surface area contributed by atoms with Gasteiger partial charge in [0, 0.05) is 24.3 Å². The van der Waals surface area contributed by atoms with Crippen molar-refractivity contribution in [3.05, 3.63) is 16.5 Å². The van der Waals surface area contributed by atoms with Crippen molar-refractivity contribution >= 4 is 34.1 Å². The van der Waals surface area contributed by atoms with Crippen molar-refractivity contribution in [1.82, 2.24) is 5.32 Å². The van der Waals surface area contributed by atoms with Crippen LogP contribution in [-0.2, 0) is 9.59 Å². The molecule has 2 amide bonds. The minimum absolute atomic E-state index is 0.0174. The van der Waals surface area contributed by atoms with Crippen LogP contribution in [0.2, 0.25) is 0 Å². The molecule has 0 fully saturated rings. The van der Waals surface area contributed by atoms with Crippen LogP contribution < -0.4 is 10.6 Å². The van der Waals surface area contributed by atoms with Crippen molar-refractivity contribution in [2.45, 2.75) is 46.0 Å². The maximum Gasteiger partial charge on any atom is 0.303 e. The highest BCUT2D eigenvalue weighted by atomic mass is 32.1. The van der Waals surface area contributed by atoms with Crippen LogP contribution in [0, 0.1) is 6.92 Å². The van der Waals surface area contributed by atoms with Crippen LogP contribution in [0.1, 0.15) is 54.3 Å². The van der Waals surface area contributed by atoms with E-state index in [4.69, 9.17) is 5.11 Å². The summed E-state index contributed by atoms with van der Waals surface area (Å²) in [6, 6.07) is 1.73. The molecule has 1 aromatic heterocycles. The fourth-order valence-electron chi connectivity index (χ4n) is 1.84. The average Bonchev–Trinajstić information content (AvgIpc) is 2.81. The van der Waals surface area contributed by atoms with E-state index in [1.165, 1.54) is 11.3 Å². The standard InChI is InChI=1S/C15H22N2O4S/c1-3-4-6-12(18)17-15-11(9-10(2)22-15)14(21)16-8-5-7-13(19)20/h9H,3-8H2,1-2H3,(H,16,21)(H,17,18)(H,19,20). The first-order valence-electron chi connectivity index (χ1n) is 7.34. The Morgan fingerprint density at radius 1 is 1.23 bits per heavy atom. The molecule has 0 aliphatic heterocycles. The fourth-order valence-corrected chi connectivity index (χ4v) is 2.76. The maximum absolute atomic E-state index is 12.1. The largest absolute Gasteiger partial charge is 0.481 e. The van der Waals surface area contributed by atoms with E-state index in [1.54, 1.807) is 6.07 Å². The lowest BCUT2D eigenvalue weighted by Crippen LogP contribution is -2.25. The molecule has 0 radical (unpaired) electrons.